The number of pyridine rings is 2. The number of aryl methyl sites for hydroxylation is 1. The van der Waals surface area contributed by atoms with Crippen molar-refractivity contribution in [1.29, 1.82) is 0 Å². The number of carbonyl (C=O) groups is 1. The second-order valence-electron chi connectivity index (χ2n) is 6.77. The van der Waals surface area contributed by atoms with Crippen LogP contribution in [0.15, 0.2) is 40.8 Å². The lowest BCUT2D eigenvalue weighted by atomic mass is 10.0. The summed E-state index contributed by atoms with van der Waals surface area (Å²) in [5, 5.41) is 7.42. The second kappa shape index (κ2) is 7.72. The smallest absolute Gasteiger partial charge is 0.328 e. The fourth-order valence-electron chi connectivity index (χ4n) is 3.25. The number of alkyl halides is 6. The molecule has 0 atom stereocenters. The normalized spacial score (nSPS) is 12.3. The quantitative estimate of drug-likeness (QED) is 0.411. The third kappa shape index (κ3) is 4.08. The van der Waals surface area contributed by atoms with Gasteiger partial charge in [-0.2, -0.15) is 31.4 Å². The predicted octanol–water partition coefficient (Wildman–Crippen LogP) is 4.68. The standard InChI is InChI=1S/C19H11F6N5O2S/c1-30-14(16(31)28-8-2-4-26-11(6-8)18(20,21)22)12(19(23,24)25)13(29-30)10-7-33-15-9(10)3-5-27-17(15)32/h2-7H,1H3,(H,27,32)(H,26,28,31). The molecule has 0 aromatic carbocycles. The minimum absolute atomic E-state index is 0.00802. The first-order valence-electron chi connectivity index (χ1n) is 8.96. The summed E-state index contributed by atoms with van der Waals surface area (Å²) in [7, 11) is 1.10. The van der Waals surface area contributed by atoms with Gasteiger partial charge in [0.2, 0.25) is 0 Å². The maximum atomic E-state index is 14.1. The van der Waals surface area contributed by atoms with Gasteiger partial charge in [0, 0.05) is 41.5 Å². The van der Waals surface area contributed by atoms with Crippen LogP contribution >= 0.6 is 11.3 Å². The number of hydrogen-bond donors (Lipinski definition) is 2. The molecule has 14 heteroatoms. The molecule has 0 fully saturated rings. The molecule has 0 bridgehead atoms. The van der Waals surface area contributed by atoms with Crippen molar-refractivity contribution in [3.63, 3.8) is 0 Å². The molecule has 4 aromatic heterocycles. The Kier molecular flexibility index (Phi) is 5.27. The number of H-pyrrole nitrogens is 1. The van der Waals surface area contributed by atoms with Gasteiger partial charge in [0.1, 0.15) is 27.3 Å². The lowest BCUT2D eigenvalue weighted by molar-refractivity contribution is -0.141. The van der Waals surface area contributed by atoms with Gasteiger partial charge in [0.25, 0.3) is 11.5 Å². The molecule has 0 spiro atoms. The van der Waals surface area contributed by atoms with Gasteiger partial charge < -0.3 is 10.3 Å². The molecule has 0 aliphatic carbocycles. The molecule has 0 unspecified atom stereocenters. The van der Waals surface area contributed by atoms with Crippen molar-refractivity contribution >= 4 is 33.0 Å². The largest absolute Gasteiger partial charge is 0.433 e. The summed E-state index contributed by atoms with van der Waals surface area (Å²) in [5.74, 6) is -1.32. The van der Waals surface area contributed by atoms with Gasteiger partial charge in [-0.25, -0.2) is 0 Å². The van der Waals surface area contributed by atoms with Crippen LogP contribution in [0.4, 0.5) is 32.0 Å². The number of nitrogens with one attached hydrogen (secondary N) is 2. The van der Waals surface area contributed by atoms with Crippen molar-refractivity contribution < 1.29 is 31.1 Å². The van der Waals surface area contributed by atoms with E-state index in [1.165, 1.54) is 17.6 Å². The lowest BCUT2D eigenvalue weighted by Gasteiger charge is -2.12. The molecular weight excluding hydrogens is 476 g/mol. The van der Waals surface area contributed by atoms with Crippen molar-refractivity contribution in [1.82, 2.24) is 19.7 Å². The van der Waals surface area contributed by atoms with E-state index in [4.69, 9.17) is 0 Å². The van der Waals surface area contributed by atoms with E-state index < -0.39 is 52.2 Å². The summed E-state index contributed by atoms with van der Waals surface area (Å²) in [6.45, 7) is 0. The zero-order chi connectivity index (χ0) is 24.1. The van der Waals surface area contributed by atoms with Crippen LogP contribution < -0.4 is 10.9 Å². The molecule has 0 saturated carbocycles. The van der Waals surface area contributed by atoms with Crippen LogP contribution in [-0.4, -0.2) is 25.7 Å². The molecule has 0 radical (unpaired) electrons. The highest BCUT2D eigenvalue weighted by Gasteiger charge is 2.43. The van der Waals surface area contributed by atoms with Crippen LogP contribution in [-0.2, 0) is 19.4 Å². The summed E-state index contributed by atoms with van der Waals surface area (Å²) in [5.41, 5.74) is -5.10. The molecule has 172 valence electrons. The molecule has 0 aliphatic rings. The number of anilines is 1. The highest BCUT2D eigenvalue weighted by molar-refractivity contribution is 7.17. The van der Waals surface area contributed by atoms with E-state index >= 15 is 0 Å². The summed E-state index contributed by atoms with van der Waals surface area (Å²) in [4.78, 5) is 30.2. The highest BCUT2D eigenvalue weighted by Crippen LogP contribution is 2.42. The van der Waals surface area contributed by atoms with E-state index in [0.29, 0.717) is 10.7 Å². The molecule has 4 rings (SSSR count). The minimum atomic E-state index is -5.04. The second-order valence-corrected chi connectivity index (χ2v) is 7.65. The maximum absolute atomic E-state index is 14.1. The van der Waals surface area contributed by atoms with Crippen LogP contribution in [0, 0.1) is 0 Å². The van der Waals surface area contributed by atoms with E-state index in [0.717, 1.165) is 30.6 Å². The Balaban J connectivity index is 1.83. The number of thiophene rings is 1. The summed E-state index contributed by atoms with van der Waals surface area (Å²) < 4.78 is 81.6. The first kappa shape index (κ1) is 22.5. The predicted molar refractivity (Wildman–Crippen MR) is 107 cm³/mol. The lowest BCUT2D eigenvalue weighted by Crippen LogP contribution is -2.21. The number of rotatable bonds is 3. The number of halogens is 6. The molecule has 1 amide bonds. The Morgan fingerprint density at radius 2 is 1.88 bits per heavy atom. The fourth-order valence-corrected chi connectivity index (χ4v) is 4.20. The topological polar surface area (TPSA) is 92.7 Å². The third-order valence-corrected chi connectivity index (χ3v) is 5.60. The van der Waals surface area contributed by atoms with E-state index in [1.807, 2.05) is 5.32 Å². The third-order valence-electron chi connectivity index (χ3n) is 4.61. The van der Waals surface area contributed by atoms with Crippen LogP contribution in [0.5, 0.6) is 0 Å². The van der Waals surface area contributed by atoms with Gasteiger partial charge >= 0.3 is 12.4 Å². The number of hydrogen-bond acceptors (Lipinski definition) is 5. The summed E-state index contributed by atoms with van der Waals surface area (Å²) >= 11 is 0.910. The number of amides is 1. The summed E-state index contributed by atoms with van der Waals surface area (Å²) in [6, 6.07) is 2.92. The molecular formula is C19H11F6N5O2S. The summed E-state index contributed by atoms with van der Waals surface area (Å²) in [6.07, 6.45) is -7.81. The fraction of sp³-hybridized carbons (Fsp3) is 0.158. The molecule has 0 saturated heterocycles. The number of aromatic amines is 1. The Labute approximate surface area is 183 Å². The molecule has 0 aliphatic heterocycles. The molecule has 7 nitrogen and oxygen atoms in total. The molecule has 33 heavy (non-hydrogen) atoms. The van der Waals surface area contributed by atoms with Crippen LogP contribution in [0.2, 0.25) is 0 Å². The minimum Gasteiger partial charge on any atom is -0.328 e. The van der Waals surface area contributed by atoms with Gasteiger partial charge in [-0.3, -0.25) is 19.3 Å². The van der Waals surface area contributed by atoms with E-state index in [1.54, 1.807) is 0 Å². The van der Waals surface area contributed by atoms with Crippen LogP contribution in [0.1, 0.15) is 21.7 Å². The van der Waals surface area contributed by atoms with E-state index in [-0.39, 0.29) is 15.6 Å². The molecule has 4 heterocycles. The van der Waals surface area contributed by atoms with Crippen LogP contribution in [0.3, 0.4) is 0 Å². The zero-order valence-electron chi connectivity index (χ0n) is 16.3. The number of fused-ring (bicyclic) bond motifs is 1. The Morgan fingerprint density at radius 3 is 2.55 bits per heavy atom. The molecule has 2 N–H and O–H groups in total. The van der Waals surface area contributed by atoms with Gasteiger partial charge in [-0.15, -0.1) is 11.3 Å². The van der Waals surface area contributed by atoms with Crippen molar-refractivity contribution in [3.05, 3.63) is 63.3 Å². The number of carbonyl (C=O) groups excluding carboxylic acids is 1. The van der Waals surface area contributed by atoms with Crippen molar-refractivity contribution in [2.24, 2.45) is 7.05 Å². The SMILES string of the molecule is Cn1nc(-c2csc3c(=O)[nH]ccc23)c(C(F)(F)F)c1C(=O)Nc1ccnc(C(F)(F)F)c1. The van der Waals surface area contributed by atoms with E-state index in [2.05, 4.69) is 15.1 Å². The Bertz CT molecular complexity index is 1430. The maximum Gasteiger partial charge on any atom is 0.433 e. The average Bonchev–Trinajstić information content (AvgIpc) is 3.29. The van der Waals surface area contributed by atoms with Crippen LogP contribution in [0.25, 0.3) is 21.3 Å². The monoisotopic (exact) mass is 487 g/mol. The van der Waals surface area contributed by atoms with Crippen molar-refractivity contribution in [2.45, 2.75) is 12.4 Å². The first-order chi connectivity index (χ1) is 15.4. The van der Waals surface area contributed by atoms with Crippen molar-refractivity contribution in [3.8, 4) is 11.3 Å². The first-order valence-corrected chi connectivity index (χ1v) is 9.84. The van der Waals surface area contributed by atoms with Gasteiger partial charge in [-0.05, 0) is 18.2 Å². The van der Waals surface area contributed by atoms with Gasteiger partial charge in [0.05, 0.1) is 0 Å². The highest BCUT2D eigenvalue weighted by atomic mass is 32.1. The Morgan fingerprint density at radius 1 is 1.15 bits per heavy atom. The molecule has 4 aromatic rings. The number of nitrogens with zero attached hydrogens (tertiary/aromatic N) is 3. The zero-order valence-corrected chi connectivity index (χ0v) is 17.1. The number of aromatic nitrogens is 4. The van der Waals surface area contributed by atoms with E-state index in [9.17, 15) is 35.9 Å². The average molecular weight is 487 g/mol. The van der Waals surface area contributed by atoms with Crippen molar-refractivity contribution in [2.75, 3.05) is 5.32 Å². The Hall–Kier alpha value is -3.68. The van der Waals surface area contributed by atoms with Gasteiger partial charge in [0.15, 0.2) is 0 Å². The van der Waals surface area contributed by atoms with Gasteiger partial charge in [-0.1, -0.05) is 0 Å².